The van der Waals surface area contributed by atoms with Crippen molar-refractivity contribution in [1.82, 2.24) is 20.3 Å². The monoisotopic (exact) mass is 342 g/mol. The Balaban J connectivity index is 1.51. The molecule has 1 aromatic heterocycles. The molecular weight excluding hydrogens is 316 g/mol. The van der Waals surface area contributed by atoms with E-state index in [2.05, 4.69) is 34.4 Å². The molecule has 2 heterocycles. The van der Waals surface area contributed by atoms with Gasteiger partial charge in [0.05, 0.1) is 11.7 Å². The van der Waals surface area contributed by atoms with Crippen LogP contribution in [0.5, 0.6) is 0 Å². The van der Waals surface area contributed by atoms with Gasteiger partial charge in [-0.3, -0.25) is 4.90 Å². The summed E-state index contributed by atoms with van der Waals surface area (Å²) in [6, 6.07) is 12.2. The van der Waals surface area contributed by atoms with E-state index in [1.165, 1.54) is 5.56 Å². The first-order valence-electron chi connectivity index (χ1n) is 8.98. The molecule has 0 radical (unpaired) electrons. The lowest BCUT2D eigenvalue weighted by atomic mass is 10.0. The molecule has 2 aromatic rings. The fourth-order valence-corrected chi connectivity index (χ4v) is 3.19. The van der Waals surface area contributed by atoms with E-state index in [-0.39, 0.29) is 12.1 Å². The van der Waals surface area contributed by atoms with Gasteiger partial charge in [-0.15, -0.1) is 0 Å². The molecule has 0 saturated carbocycles. The van der Waals surface area contributed by atoms with Crippen LogP contribution in [0.15, 0.2) is 47.2 Å². The Labute approximate surface area is 148 Å². The first kappa shape index (κ1) is 17.5. The van der Waals surface area contributed by atoms with Crippen molar-refractivity contribution < 1.29 is 9.32 Å². The summed E-state index contributed by atoms with van der Waals surface area (Å²) in [7, 11) is 0. The van der Waals surface area contributed by atoms with Crippen LogP contribution < -0.4 is 5.32 Å². The highest BCUT2D eigenvalue weighted by Gasteiger charge is 2.23. The fourth-order valence-electron chi connectivity index (χ4n) is 3.19. The summed E-state index contributed by atoms with van der Waals surface area (Å²) in [5, 5.41) is 7.15. The van der Waals surface area contributed by atoms with Crippen molar-refractivity contribution in [3.05, 3.63) is 53.9 Å². The number of carbonyl (C=O) groups is 1. The standard InChI is InChI=1S/C19H26N4O2/c1-2-6-18(16-7-4-3-5-8-16)20-19(24)23-12-10-22(11-13-23)15-17-9-14-25-21-17/h3-5,7-9,14,18H,2,6,10-13,15H2,1H3,(H,20,24)/t18-/m0/s1. The van der Waals surface area contributed by atoms with Crippen LogP contribution in [-0.2, 0) is 6.54 Å². The normalized spacial score (nSPS) is 16.6. The number of nitrogens with zero attached hydrogens (tertiary/aromatic N) is 3. The van der Waals surface area contributed by atoms with E-state index in [1.54, 1.807) is 6.26 Å². The summed E-state index contributed by atoms with van der Waals surface area (Å²) in [5.74, 6) is 0. The lowest BCUT2D eigenvalue weighted by molar-refractivity contribution is 0.131. The second-order valence-corrected chi connectivity index (χ2v) is 6.46. The van der Waals surface area contributed by atoms with Crippen LogP contribution in [0, 0.1) is 0 Å². The molecule has 1 fully saturated rings. The zero-order valence-electron chi connectivity index (χ0n) is 14.7. The number of benzene rings is 1. The number of carbonyl (C=O) groups excluding carboxylic acids is 1. The molecule has 1 aliphatic heterocycles. The van der Waals surface area contributed by atoms with Crippen molar-refractivity contribution in [2.45, 2.75) is 32.4 Å². The Hall–Kier alpha value is -2.34. The summed E-state index contributed by atoms with van der Waals surface area (Å²) in [6.07, 6.45) is 3.57. The van der Waals surface area contributed by atoms with E-state index in [4.69, 9.17) is 4.52 Å². The van der Waals surface area contributed by atoms with Crippen LogP contribution in [0.25, 0.3) is 0 Å². The third-order valence-corrected chi connectivity index (χ3v) is 4.61. The average molecular weight is 342 g/mol. The van der Waals surface area contributed by atoms with E-state index in [0.29, 0.717) is 0 Å². The van der Waals surface area contributed by atoms with Gasteiger partial charge in [-0.25, -0.2) is 4.79 Å². The highest BCUT2D eigenvalue weighted by Crippen LogP contribution is 2.19. The molecule has 0 spiro atoms. The second kappa shape index (κ2) is 8.67. The van der Waals surface area contributed by atoms with Crippen molar-refractivity contribution in [2.24, 2.45) is 0 Å². The Kier molecular flexibility index (Phi) is 6.06. The SMILES string of the molecule is CCC[C@H](NC(=O)N1CCN(Cc2ccon2)CC1)c1ccccc1. The first-order chi connectivity index (χ1) is 12.3. The second-order valence-electron chi connectivity index (χ2n) is 6.46. The molecule has 2 amide bonds. The fraction of sp³-hybridized carbons (Fsp3) is 0.474. The lowest BCUT2D eigenvalue weighted by Gasteiger charge is -2.35. The molecule has 3 rings (SSSR count). The smallest absolute Gasteiger partial charge is 0.317 e. The van der Waals surface area contributed by atoms with Crippen molar-refractivity contribution in [3.8, 4) is 0 Å². The third-order valence-electron chi connectivity index (χ3n) is 4.61. The third kappa shape index (κ3) is 4.82. The number of amides is 2. The summed E-state index contributed by atoms with van der Waals surface area (Å²) in [6.45, 7) is 6.09. The van der Waals surface area contributed by atoms with Crippen LogP contribution in [0.2, 0.25) is 0 Å². The maximum atomic E-state index is 12.6. The van der Waals surface area contributed by atoms with E-state index < -0.39 is 0 Å². The molecule has 6 heteroatoms. The zero-order chi connectivity index (χ0) is 17.5. The van der Waals surface area contributed by atoms with Crippen LogP contribution in [0.3, 0.4) is 0 Å². The number of hydrogen-bond acceptors (Lipinski definition) is 4. The summed E-state index contributed by atoms with van der Waals surface area (Å²) < 4.78 is 4.87. The molecular formula is C19H26N4O2. The molecule has 0 bridgehead atoms. The molecule has 134 valence electrons. The molecule has 1 aromatic carbocycles. The Morgan fingerprint density at radius 3 is 2.60 bits per heavy atom. The number of piperazine rings is 1. The molecule has 25 heavy (non-hydrogen) atoms. The topological polar surface area (TPSA) is 61.6 Å². The van der Waals surface area contributed by atoms with Crippen molar-refractivity contribution >= 4 is 6.03 Å². The minimum absolute atomic E-state index is 0.0309. The molecule has 0 unspecified atom stereocenters. The quantitative estimate of drug-likeness (QED) is 0.876. The van der Waals surface area contributed by atoms with E-state index in [0.717, 1.165) is 51.3 Å². The molecule has 1 atom stereocenters. The predicted octanol–water partition coefficient (Wildman–Crippen LogP) is 3.04. The number of hydrogen-bond donors (Lipinski definition) is 1. The minimum Gasteiger partial charge on any atom is -0.364 e. The first-order valence-corrected chi connectivity index (χ1v) is 8.98. The highest BCUT2D eigenvalue weighted by atomic mass is 16.5. The van der Waals surface area contributed by atoms with E-state index in [9.17, 15) is 4.79 Å². The Morgan fingerprint density at radius 2 is 1.96 bits per heavy atom. The van der Waals surface area contributed by atoms with Crippen molar-refractivity contribution in [1.29, 1.82) is 0 Å². The number of urea groups is 1. The Bertz CT molecular complexity index is 637. The van der Waals surface area contributed by atoms with Crippen LogP contribution in [-0.4, -0.2) is 47.2 Å². The molecule has 1 saturated heterocycles. The lowest BCUT2D eigenvalue weighted by Crippen LogP contribution is -2.52. The van der Waals surface area contributed by atoms with E-state index >= 15 is 0 Å². The van der Waals surface area contributed by atoms with Crippen LogP contribution in [0.1, 0.15) is 37.1 Å². The maximum absolute atomic E-state index is 12.6. The van der Waals surface area contributed by atoms with Gasteiger partial charge < -0.3 is 14.7 Å². The molecule has 1 aliphatic rings. The van der Waals surface area contributed by atoms with Crippen molar-refractivity contribution in [3.63, 3.8) is 0 Å². The van der Waals surface area contributed by atoms with Crippen LogP contribution in [0.4, 0.5) is 4.79 Å². The Morgan fingerprint density at radius 1 is 1.20 bits per heavy atom. The predicted molar refractivity (Wildman–Crippen MR) is 96.0 cm³/mol. The van der Waals surface area contributed by atoms with Gasteiger partial charge in [0.2, 0.25) is 0 Å². The van der Waals surface area contributed by atoms with Gasteiger partial charge in [0.1, 0.15) is 6.26 Å². The summed E-state index contributed by atoms with van der Waals surface area (Å²) >= 11 is 0. The van der Waals surface area contributed by atoms with Gasteiger partial charge in [0.25, 0.3) is 0 Å². The van der Waals surface area contributed by atoms with Gasteiger partial charge >= 0.3 is 6.03 Å². The van der Waals surface area contributed by atoms with Crippen LogP contribution >= 0.6 is 0 Å². The van der Waals surface area contributed by atoms with Gasteiger partial charge in [-0.05, 0) is 12.0 Å². The van der Waals surface area contributed by atoms with E-state index in [1.807, 2.05) is 29.2 Å². The largest absolute Gasteiger partial charge is 0.364 e. The summed E-state index contributed by atoms with van der Waals surface area (Å²) in [4.78, 5) is 16.9. The number of rotatable bonds is 6. The zero-order valence-corrected chi connectivity index (χ0v) is 14.7. The molecule has 1 N–H and O–H groups in total. The molecule has 0 aliphatic carbocycles. The maximum Gasteiger partial charge on any atom is 0.317 e. The van der Waals surface area contributed by atoms with Gasteiger partial charge in [0, 0.05) is 38.8 Å². The average Bonchev–Trinajstić information content (AvgIpc) is 3.15. The number of nitrogens with one attached hydrogen (secondary N) is 1. The van der Waals surface area contributed by atoms with Gasteiger partial charge in [0.15, 0.2) is 0 Å². The molecule has 6 nitrogen and oxygen atoms in total. The van der Waals surface area contributed by atoms with Gasteiger partial charge in [-0.2, -0.15) is 0 Å². The van der Waals surface area contributed by atoms with Gasteiger partial charge in [-0.1, -0.05) is 48.8 Å². The summed E-state index contributed by atoms with van der Waals surface area (Å²) in [5.41, 5.74) is 2.10. The highest BCUT2D eigenvalue weighted by molar-refractivity contribution is 5.74. The van der Waals surface area contributed by atoms with Crippen molar-refractivity contribution in [2.75, 3.05) is 26.2 Å². The minimum atomic E-state index is 0.0309. The number of aromatic nitrogens is 1.